The highest BCUT2D eigenvalue weighted by atomic mass is 79.9. The van der Waals surface area contributed by atoms with Gasteiger partial charge >= 0.3 is 11.9 Å². The average molecular weight is 436 g/mol. The van der Waals surface area contributed by atoms with Crippen molar-refractivity contribution < 1.29 is 27.5 Å². The van der Waals surface area contributed by atoms with Gasteiger partial charge in [0.25, 0.3) is 0 Å². The van der Waals surface area contributed by atoms with Crippen molar-refractivity contribution in [3.8, 4) is 0 Å². The molecular formula is C16H22BrNO6S. The molecular weight excluding hydrogens is 414 g/mol. The molecule has 0 spiro atoms. The Morgan fingerprint density at radius 1 is 1.24 bits per heavy atom. The standard InChI is InChI=1S/C16H22BrNO6S/c1-5-23-16(20)12-6-7-14(13(17)8-12)25(21,22)18-9-11(4)15(19)24-10(2)3/h6-8,10-11,18H,5,9H2,1-4H3/t11-/m1/s1. The van der Waals surface area contributed by atoms with Gasteiger partial charge in [0.1, 0.15) is 0 Å². The lowest BCUT2D eigenvalue weighted by Crippen LogP contribution is -2.33. The lowest BCUT2D eigenvalue weighted by molar-refractivity contribution is -0.151. The number of halogens is 1. The minimum Gasteiger partial charge on any atom is -0.463 e. The minimum absolute atomic E-state index is 0.0371. The van der Waals surface area contributed by atoms with Crippen molar-refractivity contribution in [1.82, 2.24) is 4.72 Å². The van der Waals surface area contributed by atoms with E-state index < -0.39 is 27.9 Å². The van der Waals surface area contributed by atoms with Crippen LogP contribution in [0.15, 0.2) is 27.6 Å². The summed E-state index contributed by atoms with van der Waals surface area (Å²) < 4.78 is 37.3. The molecule has 140 valence electrons. The Balaban J connectivity index is 2.85. The first-order valence-corrected chi connectivity index (χ1v) is 10.0. The quantitative estimate of drug-likeness (QED) is 0.629. The van der Waals surface area contributed by atoms with Crippen LogP contribution in [-0.2, 0) is 24.3 Å². The Morgan fingerprint density at radius 2 is 1.88 bits per heavy atom. The fraction of sp³-hybridized carbons (Fsp3) is 0.500. The number of esters is 2. The van der Waals surface area contributed by atoms with E-state index in [9.17, 15) is 18.0 Å². The molecule has 0 aromatic heterocycles. The SMILES string of the molecule is CCOC(=O)c1ccc(S(=O)(=O)NC[C@@H](C)C(=O)OC(C)C)c(Br)c1. The van der Waals surface area contributed by atoms with Gasteiger partial charge in [0, 0.05) is 11.0 Å². The van der Waals surface area contributed by atoms with Gasteiger partial charge in [-0.25, -0.2) is 17.9 Å². The first-order chi connectivity index (χ1) is 11.6. The van der Waals surface area contributed by atoms with Gasteiger partial charge in [0.2, 0.25) is 10.0 Å². The van der Waals surface area contributed by atoms with E-state index in [-0.39, 0.29) is 34.2 Å². The number of sulfonamides is 1. The van der Waals surface area contributed by atoms with E-state index in [0.29, 0.717) is 0 Å². The molecule has 25 heavy (non-hydrogen) atoms. The van der Waals surface area contributed by atoms with Crippen LogP contribution in [0.25, 0.3) is 0 Å². The van der Waals surface area contributed by atoms with Gasteiger partial charge < -0.3 is 9.47 Å². The number of ether oxygens (including phenoxy) is 2. The fourth-order valence-corrected chi connectivity index (χ4v) is 4.01. The normalized spacial score (nSPS) is 12.7. The zero-order valence-corrected chi connectivity index (χ0v) is 16.9. The van der Waals surface area contributed by atoms with Gasteiger partial charge in [-0.3, -0.25) is 4.79 Å². The molecule has 0 aliphatic carbocycles. The summed E-state index contributed by atoms with van der Waals surface area (Å²) in [5.74, 6) is -1.64. The second-order valence-corrected chi connectivity index (χ2v) is 8.19. The van der Waals surface area contributed by atoms with E-state index in [0.717, 1.165) is 0 Å². The average Bonchev–Trinajstić information content (AvgIpc) is 2.51. The molecule has 0 amide bonds. The predicted molar refractivity (Wildman–Crippen MR) is 95.7 cm³/mol. The summed E-state index contributed by atoms with van der Waals surface area (Å²) in [5, 5.41) is 0. The second-order valence-electron chi connectivity index (χ2n) is 5.60. The van der Waals surface area contributed by atoms with Gasteiger partial charge in [-0.05, 0) is 54.9 Å². The Bertz CT molecular complexity index is 732. The van der Waals surface area contributed by atoms with Crippen LogP contribution in [0.1, 0.15) is 38.1 Å². The second kappa shape index (κ2) is 9.30. The van der Waals surface area contributed by atoms with Crippen molar-refractivity contribution in [3.63, 3.8) is 0 Å². The molecule has 1 rings (SSSR count). The van der Waals surface area contributed by atoms with Crippen molar-refractivity contribution >= 4 is 37.9 Å². The summed E-state index contributed by atoms with van der Waals surface area (Å²) in [4.78, 5) is 23.4. The predicted octanol–water partition coefficient (Wildman–Crippen LogP) is 2.49. The Kier molecular flexibility index (Phi) is 8.04. The number of hydrogen-bond acceptors (Lipinski definition) is 6. The van der Waals surface area contributed by atoms with E-state index in [2.05, 4.69) is 20.7 Å². The fourth-order valence-electron chi connectivity index (χ4n) is 1.80. The van der Waals surface area contributed by atoms with Gasteiger partial charge in [0.15, 0.2) is 0 Å². The summed E-state index contributed by atoms with van der Waals surface area (Å²) in [7, 11) is -3.86. The van der Waals surface area contributed by atoms with Crippen LogP contribution in [0.5, 0.6) is 0 Å². The molecule has 0 heterocycles. The van der Waals surface area contributed by atoms with Gasteiger partial charge in [0.05, 0.1) is 29.1 Å². The van der Waals surface area contributed by atoms with E-state index in [1.807, 2.05) is 0 Å². The molecule has 0 bridgehead atoms. The molecule has 1 N–H and O–H groups in total. The van der Waals surface area contributed by atoms with Crippen LogP contribution in [0.2, 0.25) is 0 Å². The van der Waals surface area contributed by atoms with Crippen LogP contribution < -0.4 is 4.72 Å². The van der Waals surface area contributed by atoms with Gasteiger partial charge in [-0.2, -0.15) is 0 Å². The van der Waals surface area contributed by atoms with Crippen LogP contribution in [0, 0.1) is 5.92 Å². The van der Waals surface area contributed by atoms with E-state index in [4.69, 9.17) is 9.47 Å². The summed E-state index contributed by atoms with van der Waals surface area (Å²) in [6.45, 7) is 6.82. The molecule has 1 aromatic rings. The van der Waals surface area contributed by atoms with Crippen molar-refractivity contribution in [2.75, 3.05) is 13.2 Å². The van der Waals surface area contributed by atoms with Crippen molar-refractivity contribution in [1.29, 1.82) is 0 Å². The van der Waals surface area contributed by atoms with Crippen LogP contribution in [0.4, 0.5) is 0 Å². The van der Waals surface area contributed by atoms with E-state index in [1.165, 1.54) is 18.2 Å². The molecule has 0 radical (unpaired) electrons. The highest BCUT2D eigenvalue weighted by Crippen LogP contribution is 2.23. The molecule has 9 heteroatoms. The Hall–Kier alpha value is -1.45. The summed E-state index contributed by atoms with van der Waals surface area (Å²) in [6, 6.07) is 4.05. The zero-order chi connectivity index (χ0) is 19.2. The molecule has 0 aliphatic heterocycles. The Morgan fingerprint density at radius 3 is 2.40 bits per heavy atom. The van der Waals surface area contributed by atoms with Crippen molar-refractivity contribution in [3.05, 3.63) is 28.2 Å². The number of nitrogens with one attached hydrogen (secondary N) is 1. The largest absolute Gasteiger partial charge is 0.463 e. The third kappa shape index (κ3) is 6.41. The maximum Gasteiger partial charge on any atom is 0.338 e. The maximum absolute atomic E-state index is 12.4. The van der Waals surface area contributed by atoms with E-state index >= 15 is 0 Å². The maximum atomic E-state index is 12.4. The summed E-state index contributed by atoms with van der Waals surface area (Å²) in [6.07, 6.45) is -0.267. The molecule has 7 nitrogen and oxygen atoms in total. The van der Waals surface area contributed by atoms with Crippen molar-refractivity contribution in [2.45, 2.75) is 38.7 Å². The first kappa shape index (κ1) is 21.6. The third-order valence-corrected chi connectivity index (χ3v) is 5.47. The van der Waals surface area contributed by atoms with Crippen LogP contribution in [-0.4, -0.2) is 39.6 Å². The number of carbonyl (C=O) groups is 2. The number of rotatable bonds is 8. The number of benzene rings is 1. The molecule has 0 saturated carbocycles. The zero-order valence-electron chi connectivity index (χ0n) is 14.5. The monoisotopic (exact) mass is 435 g/mol. The number of hydrogen-bond donors (Lipinski definition) is 1. The molecule has 1 aromatic carbocycles. The van der Waals surface area contributed by atoms with Crippen LogP contribution in [0.3, 0.4) is 0 Å². The van der Waals surface area contributed by atoms with E-state index in [1.54, 1.807) is 27.7 Å². The molecule has 1 atom stereocenters. The smallest absolute Gasteiger partial charge is 0.338 e. The Labute approximate surface area is 156 Å². The lowest BCUT2D eigenvalue weighted by atomic mass is 10.2. The summed E-state index contributed by atoms with van der Waals surface area (Å²) >= 11 is 3.15. The molecule has 0 unspecified atom stereocenters. The highest BCUT2D eigenvalue weighted by Gasteiger charge is 2.23. The van der Waals surface area contributed by atoms with Gasteiger partial charge in [-0.1, -0.05) is 6.92 Å². The topological polar surface area (TPSA) is 98.8 Å². The van der Waals surface area contributed by atoms with Crippen LogP contribution >= 0.6 is 15.9 Å². The molecule has 0 saturated heterocycles. The first-order valence-electron chi connectivity index (χ1n) is 7.75. The molecule has 0 fully saturated rings. The number of carbonyl (C=O) groups excluding carboxylic acids is 2. The summed E-state index contributed by atoms with van der Waals surface area (Å²) in [5.41, 5.74) is 0.238. The minimum atomic E-state index is -3.86. The highest BCUT2D eigenvalue weighted by molar-refractivity contribution is 9.10. The third-order valence-electron chi connectivity index (χ3n) is 3.07. The van der Waals surface area contributed by atoms with Gasteiger partial charge in [-0.15, -0.1) is 0 Å². The lowest BCUT2D eigenvalue weighted by Gasteiger charge is -2.15. The molecule has 0 aliphatic rings. The van der Waals surface area contributed by atoms with Crippen molar-refractivity contribution in [2.24, 2.45) is 5.92 Å².